The van der Waals surface area contributed by atoms with Crippen LogP contribution < -0.4 is 5.32 Å². The van der Waals surface area contributed by atoms with Gasteiger partial charge < -0.3 is 5.32 Å². The number of benzene rings is 1. The molecule has 22 heavy (non-hydrogen) atoms. The number of hydrogen-bond donors (Lipinski definition) is 1. The van der Waals surface area contributed by atoms with E-state index in [-0.39, 0.29) is 11.7 Å². The number of pyridine rings is 1. The van der Waals surface area contributed by atoms with Crippen molar-refractivity contribution in [2.24, 2.45) is 0 Å². The summed E-state index contributed by atoms with van der Waals surface area (Å²) in [5, 5.41) is 3.40. The fourth-order valence-electron chi connectivity index (χ4n) is 2.87. The minimum Gasteiger partial charge on any atom is -0.388 e. The van der Waals surface area contributed by atoms with E-state index in [0.717, 1.165) is 30.8 Å². The first-order valence-corrected chi connectivity index (χ1v) is 7.73. The number of nitrogens with zero attached hydrogens (tertiary/aromatic N) is 1. The third-order valence-corrected chi connectivity index (χ3v) is 3.98. The molecule has 3 nitrogen and oxygen atoms in total. The van der Waals surface area contributed by atoms with Crippen molar-refractivity contribution in [1.29, 1.82) is 0 Å². The molecule has 1 aromatic heterocycles. The molecule has 0 unspecified atom stereocenters. The predicted molar refractivity (Wildman–Crippen MR) is 87.5 cm³/mol. The average molecular weight is 292 g/mol. The van der Waals surface area contributed by atoms with Crippen LogP contribution in [0.25, 0.3) is 0 Å². The third kappa shape index (κ3) is 3.82. The lowest BCUT2D eigenvalue weighted by Crippen LogP contribution is -2.24. The van der Waals surface area contributed by atoms with Crippen molar-refractivity contribution in [3.8, 4) is 0 Å². The highest BCUT2D eigenvalue weighted by Gasteiger charge is 2.21. The standard InChI is InChI=1S/C19H20N2O/c22-19-13-16(15-6-2-1-3-7-15)12-18(14-19)21-11-9-17-8-4-5-10-20-17/h1-8,10,14,16,21H,9,11-13H2/t16-/m0/s1. The maximum Gasteiger partial charge on any atom is 0.158 e. The summed E-state index contributed by atoms with van der Waals surface area (Å²) in [6, 6.07) is 16.2. The zero-order chi connectivity index (χ0) is 15.2. The largest absolute Gasteiger partial charge is 0.388 e. The SMILES string of the molecule is O=C1C=C(NCCc2ccccn2)C[C@H](c2ccccc2)C1. The fraction of sp³-hybridized carbons (Fsp3) is 0.263. The van der Waals surface area contributed by atoms with E-state index in [1.807, 2.05) is 42.6 Å². The molecular formula is C19H20N2O. The molecule has 0 amide bonds. The summed E-state index contributed by atoms with van der Waals surface area (Å²) in [7, 11) is 0. The molecule has 1 aliphatic rings. The molecule has 1 aliphatic carbocycles. The molecule has 0 fully saturated rings. The number of carbonyl (C=O) groups is 1. The Morgan fingerprint density at radius 3 is 2.64 bits per heavy atom. The van der Waals surface area contributed by atoms with E-state index in [2.05, 4.69) is 22.4 Å². The highest BCUT2D eigenvalue weighted by Crippen LogP contribution is 2.30. The molecule has 0 saturated heterocycles. The van der Waals surface area contributed by atoms with Crippen LogP contribution in [-0.2, 0) is 11.2 Å². The Balaban J connectivity index is 1.58. The summed E-state index contributed by atoms with van der Waals surface area (Å²) in [5.41, 5.74) is 3.35. The molecule has 0 saturated carbocycles. The van der Waals surface area contributed by atoms with E-state index in [9.17, 15) is 4.79 Å². The summed E-state index contributed by atoms with van der Waals surface area (Å²) >= 11 is 0. The second-order valence-corrected chi connectivity index (χ2v) is 5.65. The minimum absolute atomic E-state index is 0.209. The number of carbonyl (C=O) groups excluding carboxylic acids is 1. The van der Waals surface area contributed by atoms with Gasteiger partial charge in [0.05, 0.1) is 0 Å². The lowest BCUT2D eigenvalue weighted by molar-refractivity contribution is -0.115. The van der Waals surface area contributed by atoms with Crippen LogP contribution in [0.2, 0.25) is 0 Å². The van der Waals surface area contributed by atoms with Crippen molar-refractivity contribution in [2.75, 3.05) is 6.54 Å². The summed E-state index contributed by atoms with van der Waals surface area (Å²) < 4.78 is 0. The van der Waals surface area contributed by atoms with Crippen LogP contribution in [0.1, 0.15) is 30.0 Å². The highest BCUT2D eigenvalue weighted by atomic mass is 16.1. The Hall–Kier alpha value is -2.42. The van der Waals surface area contributed by atoms with E-state index in [4.69, 9.17) is 0 Å². The topological polar surface area (TPSA) is 42.0 Å². The molecule has 0 bridgehead atoms. The van der Waals surface area contributed by atoms with Crippen LogP contribution in [0, 0.1) is 0 Å². The van der Waals surface area contributed by atoms with Crippen molar-refractivity contribution < 1.29 is 4.79 Å². The maximum absolute atomic E-state index is 12.0. The van der Waals surface area contributed by atoms with Crippen molar-refractivity contribution in [1.82, 2.24) is 10.3 Å². The van der Waals surface area contributed by atoms with Gasteiger partial charge in [-0.05, 0) is 30.0 Å². The molecule has 1 atom stereocenters. The van der Waals surface area contributed by atoms with Gasteiger partial charge in [-0.25, -0.2) is 0 Å². The van der Waals surface area contributed by atoms with Gasteiger partial charge in [-0.15, -0.1) is 0 Å². The minimum atomic E-state index is 0.209. The Morgan fingerprint density at radius 2 is 1.86 bits per heavy atom. The zero-order valence-corrected chi connectivity index (χ0v) is 12.5. The summed E-state index contributed by atoms with van der Waals surface area (Å²) in [6.07, 6.45) is 5.94. The highest BCUT2D eigenvalue weighted by molar-refractivity contribution is 5.91. The van der Waals surface area contributed by atoms with Crippen molar-refractivity contribution in [3.05, 3.63) is 77.8 Å². The van der Waals surface area contributed by atoms with Gasteiger partial charge in [-0.3, -0.25) is 9.78 Å². The lowest BCUT2D eigenvalue weighted by atomic mass is 9.85. The quantitative estimate of drug-likeness (QED) is 0.920. The van der Waals surface area contributed by atoms with E-state index in [0.29, 0.717) is 6.42 Å². The second-order valence-electron chi connectivity index (χ2n) is 5.65. The van der Waals surface area contributed by atoms with E-state index >= 15 is 0 Å². The Labute approximate surface area is 131 Å². The molecule has 0 radical (unpaired) electrons. The van der Waals surface area contributed by atoms with Crippen molar-refractivity contribution in [3.63, 3.8) is 0 Å². The van der Waals surface area contributed by atoms with Crippen molar-refractivity contribution in [2.45, 2.75) is 25.2 Å². The Bertz CT molecular complexity index is 650. The number of hydrogen-bond acceptors (Lipinski definition) is 3. The van der Waals surface area contributed by atoms with E-state index < -0.39 is 0 Å². The number of aromatic nitrogens is 1. The van der Waals surface area contributed by atoms with Crippen LogP contribution in [-0.4, -0.2) is 17.3 Å². The van der Waals surface area contributed by atoms with Gasteiger partial charge in [-0.2, -0.15) is 0 Å². The fourth-order valence-corrected chi connectivity index (χ4v) is 2.87. The first-order valence-electron chi connectivity index (χ1n) is 7.73. The molecule has 3 rings (SSSR count). The number of rotatable bonds is 5. The number of ketones is 1. The molecule has 0 aliphatic heterocycles. The second kappa shape index (κ2) is 7.03. The zero-order valence-electron chi connectivity index (χ0n) is 12.5. The van der Waals surface area contributed by atoms with Crippen LogP contribution in [0.5, 0.6) is 0 Å². The summed E-state index contributed by atoms with van der Waals surface area (Å²) in [5.74, 6) is 0.497. The van der Waals surface area contributed by atoms with Crippen LogP contribution in [0.4, 0.5) is 0 Å². The summed E-state index contributed by atoms with van der Waals surface area (Å²) in [6.45, 7) is 0.803. The van der Waals surface area contributed by atoms with Crippen LogP contribution >= 0.6 is 0 Å². The molecular weight excluding hydrogens is 272 g/mol. The molecule has 1 N–H and O–H groups in total. The molecule has 3 heteroatoms. The normalized spacial score (nSPS) is 17.9. The molecule has 0 spiro atoms. The smallest absolute Gasteiger partial charge is 0.158 e. The van der Waals surface area contributed by atoms with Gasteiger partial charge in [0.15, 0.2) is 5.78 Å². The van der Waals surface area contributed by atoms with Crippen LogP contribution in [0.3, 0.4) is 0 Å². The van der Waals surface area contributed by atoms with Crippen LogP contribution in [0.15, 0.2) is 66.5 Å². The predicted octanol–water partition coefficient (Wildman–Crippen LogP) is 3.24. The molecule has 112 valence electrons. The average Bonchev–Trinajstić information content (AvgIpc) is 2.56. The summed E-state index contributed by atoms with van der Waals surface area (Å²) in [4.78, 5) is 16.3. The molecule has 1 heterocycles. The molecule has 2 aromatic rings. The Kier molecular flexibility index (Phi) is 4.64. The van der Waals surface area contributed by atoms with Gasteiger partial charge in [0.1, 0.15) is 0 Å². The molecule has 1 aromatic carbocycles. The first kappa shape index (κ1) is 14.5. The third-order valence-electron chi connectivity index (χ3n) is 3.98. The maximum atomic E-state index is 12.0. The lowest BCUT2D eigenvalue weighted by Gasteiger charge is -2.23. The van der Waals surface area contributed by atoms with E-state index in [1.165, 1.54) is 5.56 Å². The van der Waals surface area contributed by atoms with Gasteiger partial charge in [0, 0.05) is 43.1 Å². The van der Waals surface area contributed by atoms with Gasteiger partial charge in [0.2, 0.25) is 0 Å². The number of nitrogens with one attached hydrogen (secondary N) is 1. The number of allylic oxidation sites excluding steroid dienone is 2. The van der Waals surface area contributed by atoms with Crippen molar-refractivity contribution >= 4 is 5.78 Å². The monoisotopic (exact) mass is 292 g/mol. The van der Waals surface area contributed by atoms with Gasteiger partial charge in [0.25, 0.3) is 0 Å². The Morgan fingerprint density at radius 1 is 1.05 bits per heavy atom. The van der Waals surface area contributed by atoms with E-state index in [1.54, 1.807) is 6.08 Å². The first-order chi connectivity index (χ1) is 10.8. The van der Waals surface area contributed by atoms with Gasteiger partial charge in [-0.1, -0.05) is 36.4 Å². The van der Waals surface area contributed by atoms with Gasteiger partial charge >= 0.3 is 0 Å².